The van der Waals surface area contributed by atoms with Gasteiger partial charge in [-0.1, -0.05) is 52.5 Å². The zero-order valence-corrected chi connectivity index (χ0v) is 13.2. The lowest BCUT2D eigenvalue weighted by atomic mass is 9.88. The summed E-state index contributed by atoms with van der Waals surface area (Å²) in [5.74, 6) is -0.661. The normalized spacial score (nSPS) is 14.2. The van der Waals surface area contributed by atoms with Gasteiger partial charge in [0.2, 0.25) is 0 Å². The van der Waals surface area contributed by atoms with Crippen molar-refractivity contribution >= 4 is 46.4 Å². The third kappa shape index (κ3) is 2.90. The minimum Gasteiger partial charge on any atom is -0.381 e. The molecule has 1 N–H and O–H groups in total. The number of hydrogen-bond acceptors (Lipinski definition) is 1. The van der Waals surface area contributed by atoms with E-state index in [0.717, 1.165) is 6.07 Å². The maximum absolute atomic E-state index is 13.6. The van der Waals surface area contributed by atoms with Gasteiger partial charge in [-0.15, -0.1) is 0 Å². The molecule has 2 rings (SSSR count). The average Bonchev–Trinajstić information content (AvgIpc) is 2.36. The van der Waals surface area contributed by atoms with Crippen LogP contribution in [0.4, 0.5) is 4.39 Å². The van der Waals surface area contributed by atoms with Crippen molar-refractivity contribution in [3.05, 3.63) is 67.4 Å². The van der Waals surface area contributed by atoms with Gasteiger partial charge in [0.05, 0.1) is 15.1 Å². The Morgan fingerprint density at radius 3 is 2.15 bits per heavy atom. The van der Waals surface area contributed by atoms with Crippen molar-refractivity contribution in [1.82, 2.24) is 0 Å². The zero-order valence-electron chi connectivity index (χ0n) is 10.2. The molecule has 1 unspecified atom stereocenters. The molecule has 0 saturated carbocycles. The van der Waals surface area contributed by atoms with Crippen LogP contribution in [0.2, 0.25) is 20.1 Å². The Kier molecular flexibility index (Phi) is 4.53. The molecule has 0 spiro atoms. The van der Waals surface area contributed by atoms with E-state index >= 15 is 0 Å². The van der Waals surface area contributed by atoms with Crippen molar-refractivity contribution in [2.45, 2.75) is 12.5 Å². The summed E-state index contributed by atoms with van der Waals surface area (Å²) < 4.78 is 13.6. The predicted octanol–water partition coefficient (Wildman–Crippen LogP) is 5.70. The highest BCUT2D eigenvalue weighted by molar-refractivity contribution is 6.42. The molecule has 20 heavy (non-hydrogen) atoms. The highest BCUT2D eigenvalue weighted by atomic mass is 35.5. The monoisotopic (exact) mass is 352 g/mol. The topological polar surface area (TPSA) is 20.2 Å². The van der Waals surface area contributed by atoms with Crippen LogP contribution in [0.15, 0.2) is 30.3 Å². The van der Waals surface area contributed by atoms with Gasteiger partial charge in [0.25, 0.3) is 0 Å². The molecular weight excluding hydrogens is 345 g/mol. The van der Waals surface area contributed by atoms with Gasteiger partial charge in [-0.3, -0.25) is 0 Å². The Balaban J connectivity index is 2.59. The van der Waals surface area contributed by atoms with Crippen molar-refractivity contribution in [3.8, 4) is 0 Å². The van der Waals surface area contributed by atoms with Crippen molar-refractivity contribution in [2.75, 3.05) is 0 Å². The van der Waals surface area contributed by atoms with Crippen LogP contribution >= 0.6 is 46.4 Å². The summed E-state index contributed by atoms with van der Waals surface area (Å²) in [6, 6.07) is 7.00. The van der Waals surface area contributed by atoms with E-state index in [4.69, 9.17) is 46.4 Å². The first-order chi connectivity index (χ1) is 9.23. The Bertz CT molecular complexity index is 670. The van der Waals surface area contributed by atoms with Crippen LogP contribution < -0.4 is 0 Å². The Morgan fingerprint density at radius 2 is 1.55 bits per heavy atom. The third-order valence-electron chi connectivity index (χ3n) is 3.02. The molecule has 0 aliphatic rings. The molecule has 6 heteroatoms. The van der Waals surface area contributed by atoms with Crippen LogP contribution in [-0.2, 0) is 5.60 Å². The first-order valence-corrected chi connectivity index (χ1v) is 7.07. The second-order valence-electron chi connectivity index (χ2n) is 4.45. The number of halogens is 5. The fourth-order valence-corrected chi connectivity index (χ4v) is 2.72. The third-order valence-corrected chi connectivity index (χ3v) is 4.36. The quantitative estimate of drug-likeness (QED) is 0.687. The summed E-state index contributed by atoms with van der Waals surface area (Å²) in [6.45, 7) is 1.49. The summed E-state index contributed by atoms with van der Waals surface area (Å²) in [4.78, 5) is 0. The lowest BCUT2D eigenvalue weighted by Crippen LogP contribution is -2.23. The molecule has 0 bridgehead atoms. The van der Waals surface area contributed by atoms with Crippen LogP contribution in [-0.4, -0.2) is 5.11 Å². The fourth-order valence-electron chi connectivity index (χ4n) is 1.85. The van der Waals surface area contributed by atoms with Gasteiger partial charge < -0.3 is 5.11 Å². The van der Waals surface area contributed by atoms with Crippen LogP contribution in [0, 0.1) is 5.82 Å². The van der Waals surface area contributed by atoms with Crippen LogP contribution in [0.3, 0.4) is 0 Å². The van der Waals surface area contributed by atoms with E-state index in [1.165, 1.54) is 19.1 Å². The molecule has 2 aromatic rings. The minimum absolute atomic E-state index is 0.108. The molecule has 0 aliphatic carbocycles. The van der Waals surface area contributed by atoms with Crippen LogP contribution in [0.1, 0.15) is 18.1 Å². The maximum atomic E-state index is 13.6. The van der Waals surface area contributed by atoms with E-state index in [2.05, 4.69) is 0 Å². The summed E-state index contributed by atoms with van der Waals surface area (Å²) in [5, 5.41) is 11.4. The molecule has 2 aromatic carbocycles. The van der Waals surface area contributed by atoms with E-state index in [1.54, 1.807) is 12.1 Å². The number of hydrogen-bond donors (Lipinski definition) is 1. The number of rotatable bonds is 2. The predicted molar refractivity (Wildman–Crippen MR) is 81.6 cm³/mol. The molecule has 0 amide bonds. The molecular formula is C14H9Cl4FO. The van der Waals surface area contributed by atoms with Crippen molar-refractivity contribution in [1.29, 1.82) is 0 Å². The van der Waals surface area contributed by atoms with E-state index in [0.29, 0.717) is 10.6 Å². The molecule has 0 aliphatic heterocycles. The molecule has 106 valence electrons. The molecule has 0 saturated heterocycles. The van der Waals surface area contributed by atoms with E-state index in [-0.39, 0.29) is 20.6 Å². The lowest BCUT2D eigenvalue weighted by molar-refractivity contribution is 0.102. The Hall–Kier alpha value is -0.510. The van der Waals surface area contributed by atoms with E-state index < -0.39 is 11.4 Å². The smallest absolute Gasteiger partial charge is 0.142 e. The molecule has 0 aromatic heterocycles. The van der Waals surface area contributed by atoms with Gasteiger partial charge >= 0.3 is 0 Å². The minimum atomic E-state index is -1.53. The van der Waals surface area contributed by atoms with Crippen LogP contribution in [0.5, 0.6) is 0 Å². The molecule has 1 atom stereocenters. The van der Waals surface area contributed by atoms with E-state index in [9.17, 15) is 9.50 Å². The standard InChI is InChI=1S/C14H9Cl4FO/c1-14(20,7-2-3-9(15)11(17)4-7)8-5-13(19)12(18)6-10(8)16/h2-6,20H,1H3. The van der Waals surface area contributed by atoms with Gasteiger partial charge in [-0.05, 0) is 36.8 Å². The molecule has 0 fully saturated rings. The van der Waals surface area contributed by atoms with Gasteiger partial charge in [0, 0.05) is 10.6 Å². The zero-order chi connectivity index (χ0) is 15.1. The molecule has 1 nitrogen and oxygen atoms in total. The molecule has 0 radical (unpaired) electrons. The van der Waals surface area contributed by atoms with Crippen molar-refractivity contribution in [3.63, 3.8) is 0 Å². The fraction of sp³-hybridized carbons (Fsp3) is 0.143. The lowest BCUT2D eigenvalue weighted by Gasteiger charge is -2.26. The highest BCUT2D eigenvalue weighted by Crippen LogP contribution is 2.38. The second-order valence-corrected chi connectivity index (χ2v) is 6.08. The first kappa shape index (κ1) is 15.9. The van der Waals surface area contributed by atoms with Crippen molar-refractivity contribution in [2.24, 2.45) is 0 Å². The maximum Gasteiger partial charge on any atom is 0.142 e. The van der Waals surface area contributed by atoms with Gasteiger partial charge in [-0.2, -0.15) is 0 Å². The first-order valence-electron chi connectivity index (χ1n) is 5.56. The van der Waals surface area contributed by atoms with Crippen molar-refractivity contribution < 1.29 is 9.50 Å². The van der Waals surface area contributed by atoms with Crippen LogP contribution in [0.25, 0.3) is 0 Å². The highest BCUT2D eigenvalue weighted by Gasteiger charge is 2.29. The Labute approximate surface area is 135 Å². The number of aliphatic hydroxyl groups is 1. The molecule has 0 heterocycles. The van der Waals surface area contributed by atoms with E-state index in [1.807, 2.05) is 0 Å². The van der Waals surface area contributed by atoms with Gasteiger partial charge in [0.15, 0.2) is 0 Å². The summed E-state index contributed by atoms with van der Waals surface area (Å²) >= 11 is 23.5. The van der Waals surface area contributed by atoms with Gasteiger partial charge in [-0.25, -0.2) is 4.39 Å². The van der Waals surface area contributed by atoms with Gasteiger partial charge in [0.1, 0.15) is 11.4 Å². The summed E-state index contributed by atoms with van der Waals surface area (Å²) in [6.07, 6.45) is 0. The largest absolute Gasteiger partial charge is 0.381 e. The number of benzene rings is 2. The summed E-state index contributed by atoms with van der Waals surface area (Å²) in [5.41, 5.74) is -0.897. The average molecular weight is 354 g/mol. The Morgan fingerprint density at radius 1 is 0.900 bits per heavy atom. The summed E-state index contributed by atoms with van der Waals surface area (Å²) in [7, 11) is 0. The second kappa shape index (κ2) is 5.70. The SMILES string of the molecule is CC(O)(c1ccc(Cl)c(Cl)c1)c1cc(F)c(Cl)cc1Cl.